The van der Waals surface area contributed by atoms with Crippen LogP contribution in [0.1, 0.15) is 29.8 Å². The first-order valence-electron chi connectivity index (χ1n) is 6.75. The zero-order valence-electron chi connectivity index (χ0n) is 11.6. The predicted molar refractivity (Wildman–Crippen MR) is 85.9 cm³/mol. The van der Waals surface area contributed by atoms with Crippen LogP contribution in [0.15, 0.2) is 46.9 Å². The zero-order valence-corrected chi connectivity index (χ0v) is 13.1. The van der Waals surface area contributed by atoms with E-state index in [1.165, 1.54) is 11.3 Å². The summed E-state index contributed by atoms with van der Waals surface area (Å²) < 4.78 is 0.937. The molecule has 3 rings (SSSR count). The molecule has 0 amide bonds. The van der Waals surface area contributed by atoms with Gasteiger partial charge in [0.05, 0.1) is 5.69 Å². The molecule has 1 aliphatic rings. The summed E-state index contributed by atoms with van der Waals surface area (Å²) in [5.74, 6) is 0.0953. The zero-order chi connectivity index (χ0) is 14.3. The van der Waals surface area contributed by atoms with Gasteiger partial charge in [0.2, 0.25) is 0 Å². The van der Waals surface area contributed by atoms with E-state index in [-0.39, 0.29) is 5.78 Å². The van der Waals surface area contributed by atoms with Gasteiger partial charge in [-0.1, -0.05) is 34.1 Å². The molecule has 2 nitrogen and oxygen atoms in total. The van der Waals surface area contributed by atoms with Gasteiger partial charge in [-0.2, -0.15) is 0 Å². The maximum atomic E-state index is 11.9. The Morgan fingerprint density at radius 1 is 1.20 bits per heavy atom. The molecule has 1 unspecified atom stereocenters. The molecule has 3 heteroatoms. The molecule has 0 N–H and O–H groups in total. The van der Waals surface area contributed by atoms with E-state index in [1.807, 2.05) is 18.2 Å². The third-order valence-electron chi connectivity index (χ3n) is 3.80. The van der Waals surface area contributed by atoms with Crippen molar-refractivity contribution in [3.05, 3.63) is 58.1 Å². The van der Waals surface area contributed by atoms with Gasteiger partial charge in [-0.3, -0.25) is 4.79 Å². The molecule has 20 heavy (non-hydrogen) atoms. The van der Waals surface area contributed by atoms with Crippen LogP contribution in [-0.4, -0.2) is 11.8 Å². The number of para-hydroxylation sites is 1. The highest BCUT2D eigenvalue weighted by molar-refractivity contribution is 9.10. The van der Waals surface area contributed by atoms with E-state index in [1.54, 1.807) is 6.92 Å². The third kappa shape index (κ3) is 2.16. The van der Waals surface area contributed by atoms with Gasteiger partial charge in [0.25, 0.3) is 0 Å². The summed E-state index contributed by atoms with van der Waals surface area (Å²) in [6.07, 6.45) is 1.02. The lowest BCUT2D eigenvalue weighted by atomic mass is 10.1. The summed E-state index contributed by atoms with van der Waals surface area (Å²) in [6, 6.07) is 14.7. The molecule has 1 atom stereocenters. The third-order valence-corrected chi connectivity index (χ3v) is 4.30. The molecule has 0 radical (unpaired) electrons. The number of carbonyl (C=O) groups excluding carboxylic acids is 1. The first-order valence-corrected chi connectivity index (χ1v) is 7.55. The summed E-state index contributed by atoms with van der Waals surface area (Å²) in [4.78, 5) is 14.2. The minimum Gasteiger partial charge on any atom is -0.337 e. The van der Waals surface area contributed by atoms with Crippen molar-refractivity contribution in [3.8, 4) is 0 Å². The second kappa shape index (κ2) is 5.06. The van der Waals surface area contributed by atoms with Crippen LogP contribution in [0.4, 0.5) is 11.4 Å². The van der Waals surface area contributed by atoms with Crippen molar-refractivity contribution >= 4 is 33.1 Å². The number of carbonyl (C=O) groups is 1. The quantitative estimate of drug-likeness (QED) is 0.742. The Morgan fingerprint density at radius 2 is 1.95 bits per heavy atom. The molecule has 0 saturated carbocycles. The Labute approximate surface area is 127 Å². The smallest absolute Gasteiger partial charge is 0.161 e. The Balaban J connectivity index is 2.17. The highest BCUT2D eigenvalue weighted by Crippen LogP contribution is 2.40. The number of rotatable bonds is 2. The van der Waals surface area contributed by atoms with Crippen LogP contribution in [0, 0.1) is 0 Å². The van der Waals surface area contributed by atoms with Crippen molar-refractivity contribution in [2.45, 2.75) is 26.3 Å². The van der Waals surface area contributed by atoms with E-state index in [0.717, 1.165) is 22.1 Å². The van der Waals surface area contributed by atoms with E-state index in [4.69, 9.17) is 0 Å². The van der Waals surface area contributed by atoms with Crippen molar-refractivity contribution in [3.63, 3.8) is 0 Å². The number of hydrogen-bond acceptors (Lipinski definition) is 2. The van der Waals surface area contributed by atoms with Gasteiger partial charge in [-0.25, -0.2) is 0 Å². The maximum Gasteiger partial charge on any atom is 0.161 e. The molecule has 0 aromatic heterocycles. The van der Waals surface area contributed by atoms with Gasteiger partial charge in [0.1, 0.15) is 0 Å². The molecular weight excluding hydrogens is 314 g/mol. The van der Waals surface area contributed by atoms with Crippen molar-refractivity contribution in [1.82, 2.24) is 0 Å². The predicted octanol–water partition coefficient (Wildman–Crippen LogP) is 4.73. The van der Waals surface area contributed by atoms with Gasteiger partial charge in [0, 0.05) is 21.8 Å². The number of nitrogens with zero attached hydrogens (tertiary/aromatic N) is 1. The molecular formula is C17H16BrNO. The van der Waals surface area contributed by atoms with E-state index < -0.39 is 0 Å². The average molecular weight is 330 g/mol. The van der Waals surface area contributed by atoms with Gasteiger partial charge < -0.3 is 4.90 Å². The van der Waals surface area contributed by atoms with Gasteiger partial charge in [-0.05, 0) is 50.1 Å². The Morgan fingerprint density at radius 3 is 2.70 bits per heavy atom. The van der Waals surface area contributed by atoms with E-state index in [2.05, 4.69) is 52.0 Å². The van der Waals surface area contributed by atoms with Crippen molar-refractivity contribution < 1.29 is 4.79 Å². The maximum absolute atomic E-state index is 11.9. The summed E-state index contributed by atoms with van der Waals surface area (Å²) in [6.45, 7) is 3.82. The van der Waals surface area contributed by atoms with Crippen molar-refractivity contribution in [2.24, 2.45) is 0 Å². The number of ketones is 1. The summed E-state index contributed by atoms with van der Waals surface area (Å²) in [7, 11) is 0. The topological polar surface area (TPSA) is 20.3 Å². The highest BCUT2D eigenvalue weighted by Gasteiger charge is 2.28. The molecule has 2 aromatic rings. The lowest BCUT2D eigenvalue weighted by Gasteiger charge is -2.27. The monoisotopic (exact) mass is 329 g/mol. The number of Topliss-reactive ketones (excluding diaryl/α,β-unsaturated/α-hetero) is 1. The molecule has 0 spiro atoms. The number of halogens is 1. The Bertz CT molecular complexity index is 680. The molecule has 1 heterocycles. The van der Waals surface area contributed by atoms with Crippen LogP contribution in [0.25, 0.3) is 0 Å². The first-order chi connectivity index (χ1) is 9.58. The molecule has 0 fully saturated rings. The van der Waals surface area contributed by atoms with Crippen LogP contribution in [0.2, 0.25) is 0 Å². The standard InChI is InChI=1S/C17H16BrNO/c1-11-9-13-5-3-4-6-16(13)19(11)17-8-7-14(18)10-15(17)12(2)20/h3-8,10-11H,9H2,1-2H3. The fraction of sp³-hybridized carbons (Fsp3) is 0.235. The summed E-state index contributed by atoms with van der Waals surface area (Å²) in [5, 5.41) is 0. The lowest BCUT2D eigenvalue weighted by molar-refractivity contribution is 0.101. The van der Waals surface area contributed by atoms with Crippen LogP contribution >= 0.6 is 15.9 Å². The van der Waals surface area contributed by atoms with E-state index in [0.29, 0.717) is 6.04 Å². The first kappa shape index (κ1) is 13.4. The van der Waals surface area contributed by atoms with E-state index >= 15 is 0 Å². The van der Waals surface area contributed by atoms with Crippen LogP contribution in [-0.2, 0) is 6.42 Å². The number of benzene rings is 2. The minimum absolute atomic E-state index is 0.0953. The van der Waals surface area contributed by atoms with Gasteiger partial charge in [-0.15, -0.1) is 0 Å². The fourth-order valence-corrected chi connectivity index (χ4v) is 3.29. The minimum atomic E-state index is 0.0953. The molecule has 2 aromatic carbocycles. The summed E-state index contributed by atoms with van der Waals surface area (Å²) in [5.41, 5.74) is 4.32. The normalized spacial score (nSPS) is 17.1. The second-order valence-corrected chi connectivity index (χ2v) is 6.19. The van der Waals surface area contributed by atoms with Crippen molar-refractivity contribution in [2.75, 3.05) is 4.90 Å². The summed E-state index contributed by atoms with van der Waals surface area (Å²) >= 11 is 3.45. The Hall–Kier alpha value is -1.61. The molecule has 1 aliphatic heterocycles. The van der Waals surface area contributed by atoms with Gasteiger partial charge >= 0.3 is 0 Å². The molecule has 0 aliphatic carbocycles. The van der Waals surface area contributed by atoms with Gasteiger partial charge in [0.15, 0.2) is 5.78 Å². The van der Waals surface area contributed by atoms with E-state index in [9.17, 15) is 4.79 Å². The van der Waals surface area contributed by atoms with Crippen LogP contribution in [0.5, 0.6) is 0 Å². The SMILES string of the molecule is CC(=O)c1cc(Br)ccc1N1c2ccccc2CC1C. The average Bonchev–Trinajstić information content (AvgIpc) is 2.74. The second-order valence-electron chi connectivity index (χ2n) is 5.27. The lowest BCUT2D eigenvalue weighted by Crippen LogP contribution is -2.25. The molecule has 102 valence electrons. The van der Waals surface area contributed by atoms with Crippen molar-refractivity contribution in [1.29, 1.82) is 0 Å². The fourth-order valence-electron chi connectivity index (χ4n) is 2.93. The van der Waals surface area contributed by atoms with Crippen LogP contribution < -0.4 is 4.90 Å². The Kier molecular flexibility index (Phi) is 3.38. The van der Waals surface area contributed by atoms with Crippen LogP contribution in [0.3, 0.4) is 0 Å². The molecule has 0 saturated heterocycles. The number of anilines is 2. The molecule has 0 bridgehead atoms. The number of fused-ring (bicyclic) bond motifs is 1. The largest absolute Gasteiger partial charge is 0.337 e. The highest BCUT2D eigenvalue weighted by atomic mass is 79.9. The number of hydrogen-bond donors (Lipinski definition) is 0.